The van der Waals surface area contributed by atoms with Crippen molar-refractivity contribution < 1.29 is 31.1 Å². The molecule has 1 aromatic carbocycles. The Hall–Kier alpha value is -2.78. The van der Waals surface area contributed by atoms with Gasteiger partial charge in [0.1, 0.15) is 5.82 Å². The first kappa shape index (κ1) is 18.6. The highest BCUT2D eigenvalue weighted by Gasteiger charge is 2.37. The molecule has 0 unspecified atom stereocenters. The van der Waals surface area contributed by atoms with Gasteiger partial charge in [-0.25, -0.2) is 4.98 Å². The molecule has 0 aliphatic heterocycles. The van der Waals surface area contributed by atoms with Crippen LogP contribution < -0.4 is 10.6 Å². The number of aromatic nitrogens is 1. The third-order valence-electron chi connectivity index (χ3n) is 3.13. The van der Waals surface area contributed by atoms with E-state index in [1.807, 2.05) is 5.32 Å². The molecule has 0 aliphatic carbocycles. The van der Waals surface area contributed by atoms with Gasteiger partial charge in [-0.05, 0) is 30.3 Å². The molecule has 1 amide bonds. The van der Waals surface area contributed by atoms with Crippen molar-refractivity contribution in [3.8, 4) is 0 Å². The van der Waals surface area contributed by atoms with Gasteiger partial charge >= 0.3 is 12.4 Å². The number of hydrogen-bond acceptors (Lipinski definition) is 3. The van der Waals surface area contributed by atoms with Crippen LogP contribution in [0.2, 0.25) is 0 Å². The highest BCUT2D eigenvalue weighted by atomic mass is 19.4. The first-order valence-corrected chi connectivity index (χ1v) is 6.75. The van der Waals surface area contributed by atoms with Gasteiger partial charge in [-0.2, -0.15) is 26.3 Å². The second-order valence-electron chi connectivity index (χ2n) is 4.93. The molecule has 134 valence electrons. The van der Waals surface area contributed by atoms with Gasteiger partial charge in [0, 0.05) is 18.9 Å². The number of rotatable bonds is 3. The van der Waals surface area contributed by atoms with Crippen molar-refractivity contribution in [1.29, 1.82) is 0 Å². The molecule has 1 aromatic heterocycles. The van der Waals surface area contributed by atoms with E-state index in [0.29, 0.717) is 18.0 Å². The van der Waals surface area contributed by atoms with Crippen molar-refractivity contribution >= 4 is 17.4 Å². The maximum Gasteiger partial charge on any atom is 0.416 e. The summed E-state index contributed by atoms with van der Waals surface area (Å²) in [5.41, 5.74) is -3.67. The summed E-state index contributed by atoms with van der Waals surface area (Å²) in [6, 6.07) is 3.61. The molecule has 4 nitrogen and oxygen atoms in total. The van der Waals surface area contributed by atoms with E-state index >= 15 is 0 Å². The Bertz CT molecular complexity index is 736. The Balaban J connectivity index is 2.35. The van der Waals surface area contributed by atoms with Crippen molar-refractivity contribution in [2.45, 2.75) is 12.4 Å². The van der Waals surface area contributed by atoms with Crippen molar-refractivity contribution in [1.82, 2.24) is 4.98 Å². The molecule has 0 saturated heterocycles. The summed E-state index contributed by atoms with van der Waals surface area (Å²) in [5, 5.41) is 4.72. The summed E-state index contributed by atoms with van der Waals surface area (Å²) >= 11 is 0. The average Bonchev–Trinajstić information content (AvgIpc) is 2.53. The maximum atomic E-state index is 12.8. The minimum atomic E-state index is -4.99. The molecular weight excluding hydrogens is 352 g/mol. The standard InChI is InChI=1S/C15H11F6N3O/c1-22-12-3-2-8(7-23-12)13(25)24-11-5-9(14(16,17)18)4-10(6-11)15(19,20)21/h2-7H,1H3,(H,22,23)(H,24,25). The van der Waals surface area contributed by atoms with E-state index in [1.54, 1.807) is 7.05 Å². The number of carbonyl (C=O) groups excluding carboxylic acids is 1. The van der Waals surface area contributed by atoms with Gasteiger partial charge < -0.3 is 10.6 Å². The van der Waals surface area contributed by atoms with Crippen LogP contribution in [0.4, 0.5) is 37.8 Å². The number of pyridine rings is 1. The van der Waals surface area contributed by atoms with Crippen LogP contribution in [0.15, 0.2) is 36.5 Å². The van der Waals surface area contributed by atoms with Crippen LogP contribution in [0.1, 0.15) is 21.5 Å². The largest absolute Gasteiger partial charge is 0.416 e. The third-order valence-corrected chi connectivity index (χ3v) is 3.13. The lowest BCUT2D eigenvalue weighted by Crippen LogP contribution is -2.16. The molecule has 0 spiro atoms. The van der Waals surface area contributed by atoms with Gasteiger partial charge in [-0.15, -0.1) is 0 Å². The number of alkyl halides is 6. The molecule has 25 heavy (non-hydrogen) atoms. The van der Waals surface area contributed by atoms with Crippen molar-refractivity contribution in [2.24, 2.45) is 0 Å². The smallest absolute Gasteiger partial charge is 0.373 e. The van der Waals surface area contributed by atoms with Crippen LogP contribution in [0.25, 0.3) is 0 Å². The number of nitrogens with one attached hydrogen (secondary N) is 2. The second-order valence-corrected chi connectivity index (χ2v) is 4.93. The molecular formula is C15H11F6N3O. The lowest BCUT2D eigenvalue weighted by molar-refractivity contribution is -0.143. The monoisotopic (exact) mass is 363 g/mol. The highest BCUT2D eigenvalue weighted by Crippen LogP contribution is 2.37. The van der Waals surface area contributed by atoms with Crippen molar-refractivity contribution in [3.05, 3.63) is 53.2 Å². The molecule has 1 heterocycles. The molecule has 2 N–H and O–H groups in total. The van der Waals surface area contributed by atoms with Crippen LogP contribution in [0, 0.1) is 0 Å². The van der Waals surface area contributed by atoms with E-state index < -0.39 is 35.1 Å². The van der Waals surface area contributed by atoms with Crippen LogP contribution in [-0.2, 0) is 12.4 Å². The number of benzene rings is 1. The zero-order valence-electron chi connectivity index (χ0n) is 12.6. The number of anilines is 2. The van der Waals surface area contributed by atoms with E-state index in [2.05, 4.69) is 10.3 Å². The quantitative estimate of drug-likeness (QED) is 0.794. The normalized spacial score (nSPS) is 12.0. The Morgan fingerprint density at radius 1 is 0.960 bits per heavy atom. The van der Waals surface area contributed by atoms with E-state index in [4.69, 9.17) is 0 Å². The fourth-order valence-corrected chi connectivity index (χ4v) is 1.91. The predicted octanol–water partition coefficient (Wildman–Crippen LogP) is 4.41. The zero-order valence-corrected chi connectivity index (χ0v) is 12.6. The second kappa shape index (κ2) is 6.61. The lowest BCUT2D eigenvalue weighted by atomic mass is 10.1. The molecule has 10 heteroatoms. The number of carbonyl (C=O) groups is 1. The molecule has 0 saturated carbocycles. The summed E-state index contributed by atoms with van der Waals surface area (Å²) in [6.45, 7) is 0. The van der Waals surface area contributed by atoms with E-state index in [1.165, 1.54) is 12.1 Å². The minimum absolute atomic E-state index is 0.0150. The first-order chi connectivity index (χ1) is 11.5. The summed E-state index contributed by atoms with van der Waals surface area (Å²) in [4.78, 5) is 15.8. The molecule has 0 atom stereocenters. The topological polar surface area (TPSA) is 54.0 Å². The molecule has 0 bridgehead atoms. The summed E-state index contributed by atoms with van der Waals surface area (Å²) in [5.74, 6) is -0.447. The fourth-order valence-electron chi connectivity index (χ4n) is 1.91. The third kappa shape index (κ3) is 4.61. The van der Waals surface area contributed by atoms with Crippen LogP contribution in [0.5, 0.6) is 0 Å². The maximum absolute atomic E-state index is 12.8. The number of nitrogens with zero attached hydrogens (tertiary/aromatic N) is 1. The fraction of sp³-hybridized carbons (Fsp3) is 0.200. The summed E-state index contributed by atoms with van der Waals surface area (Å²) < 4.78 is 76.7. The molecule has 2 rings (SSSR count). The summed E-state index contributed by atoms with van der Waals surface area (Å²) in [6.07, 6.45) is -8.84. The molecule has 0 fully saturated rings. The van der Waals surface area contributed by atoms with Crippen LogP contribution in [-0.4, -0.2) is 17.9 Å². The lowest BCUT2D eigenvalue weighted by Gasteiger charge is -2.14. The Morgan fingerprint density at radius 3 is 1.92 bits per heavy atom. The molecule has 2 aromatic rings. The average molecular weight is 363 g/mol. The molecule has 0 radical (unpaired) electrons. The van der Waals surface area contributed by atoms with E-state index in [-0.39, 0.29) is 11.6 Å². The highest BCUT2D eigenvalue weighted by molar-refractivity contribution is 6.04. The van der Waals surface area contributed by atoms with E-state index in [9.17, 15) is 31.1 Å². The van der Waals surface area contributed by atoms with Gasteiger partial charge in [0.25, 0.3) is 5.91 Å². The van der Waals surface area contributed by atoms with Gasteiger partial charge in [0.2, 0.25) is 0 Å². The van der Waals surface area contributed by atoms with Gasteiger partial charge in [0.05, 0.1) is 16.7 Å². The van der Waals surface area contributed by atoms with Gasteiger partial charge in [-0.3, -0.25) is 4.79 Å². The zero-order chi connectivity index (χ0) is 18.8. The van der Waals surface area contributed by atoms with Crippen LogP contribution >= 0.6 is 0 Å². The first-order valence-electron chi connectivity index (χ1n) is 6.75. The molecule has 0 aliphatic rings. The van der Waals surface area contributed by atoms with Crippen LogP contribution in [0.3, 0.4) is 0 Å². The number of halogens is 6. The van der Waals surface area contributed by atoms with Crippen molar-refractivity contribution in [3.63, 3.8) is 0 Å². The predicted molar refractivity (Wildman–Crippen MR) is 78.2 cm³/mol. The van der Waals surface area contributed by atoms with Gasteiger partial charge in [-0.1, -0.05) is 0 Å². The SMILES string of the molecule is CNc1ccc(C(=O)Nc2cc(C(F)(F)F)cc(C(F)(F)F)c2)cn1. The van der Waals surface area contributed by atoms with E-state index in [0.717, 1.165) is 6.20 Å². The number of hydrogen-bond donors (Lipinski definition) is 2. The van der Waals surface area contributed by atoms with Crippen molar-refractivity contribution in [2.75, 3.05) is 17.7 Å². The number of amides is 1. The Kier molecular flexibility index (Phi) is 4.91. The Morgan fingerprint density at radius 2 is 1.52 bits per heavy atom. The minimum Gasteiger partial charge on any atom is -0.373 e. The summed E-state index contributed by atoms with van der Waals surface area (Å²) in [7, 11) is 1.59. The van der Waals surface area contributed by atoms with Gasteiger partial charge in [0.15, 0.2) is 0 Å². The Labute approximate surface area is 137 Å².